The van der Waals surface area contributed by atoms with Crippen LogP contribution >= 0.6 is 0 Å². The van der Waals surface area contributed by atoms with E-state index in [1.165, 1.54) is 0 Å². The molecule has 0 saturated heterocycles. The van der Waals surface area contributed by atoms with Crippen LogP contribution in [0.25, 0.3) is 0 Å². The monoisotopic (exact) mass is 308 g/mol. The first-order valence-electron chi connectivity index (χ1n) is 8.00. The predicted octanol–water partition coefficient (Wildman–Crippen LogP) is 3.84. The molecule has 0 saturated carbocycles. The van der Waals surface area contributed by atoms with E-state index >= 15 is 0 Å². The number of rotatable bonds is 6. The molecule has 1 heterocycles. The summed E-state index contributed by atoms with van der Waals surface area (Å²) < 4.78 is 7.74. The van der Waals surface area contributed by atoms with Crippen LogP contribution in [0, 0.1) is 0 Å². The van der Waals surface area contributed by atoms with E-state index in [0.29, 0.717) is 19.1 Å². The van der Waals surface area contributed by atoms with Crippen LogP contribution in [0.15, 0.2) is 0 Å². The number of Topliss-reactive ketones (excluding diaryl/α,β-unsaturated/α-hetero) is 1. The lowest BCUT2D eigenvalue weighted by atomic mass is 9.91. The fourth-order valence-corrected chi connectivity index (χ4v) is 3.52. The number of ketones is 1. The van der Waals surface area contributed by atoms with Crippen molar-refractivity contribution in [2.24, 2.45) is 0 Å². The SMILES string of the molecule is CC(C)c1c2c(nn1COCC[Si](C)(C)C)CCCC2=O. The number of hydrogen-bond donors (Lipinski definition) is 0. The van der Waals surface area contributed by atoms with Crippen molar-refractivity contribution in [1.29, 1.82) is 0 Å². The van der Waals surface area contributed by atoms with Crippen molar-refractivity contribution in [3.05, 3.63) is 17.0 Å². The maximum absolute atomic E-state index is 12.2. The van der Waals surface area contributed by atoms with E-state index in [1.807, 2.05) is 4.68 Å². The molecular formula is C16H28N2O2Si. The summed E-state index contributed by atoms with van der Waals surface area (Å²) in [5.41, 5.74) is 2.91. The fourth-order valence-electron chi connectivity index (χ4n) is 2.76. The highest BCUT2D eigenvalue weighted by Gasteiger charge is 2.28. The Morgan fingerprint density at radius 2 is 2.00 bits per heavy atom. The maximum atomic E-state index is 12.2. The molecule has 0 radical (unpaired) electrons. The van der Waals surface area contributed by atoms with Gasteiger partial charge in [-0.25, -0.2) is 4.68 Å². The van der Waals surface area contributed by atoms with Crippen LogP contribution in [0.2, 0.25) is 25.7 Å². The first kappa shape index (κ1) is 16.4. The van der Waals surface area contributed by atoms with E-state index < -0.39 is 8.07 Å². The molecule has 1 aromatic heterocycles. The topological polar surface area (TPSA) is 44.1 Å². The first-order chi connectivity index (χ1) is 9.79. The minimum atomic E-state index is -1.06. The molecule has 5 heteroatoms. The smallest absolute Gasteiger partial charge is 0.166 e. The molecule has 0 bridgehead atoms. The molecule has 1 aliphatic carbocycles. The molecule has 2 rings (SSSR count). The van der Waals surface area contributed by atoms with Gasteiger partial charge in [0.2, 0.25) is 0 Å². The zero-order chi connectivity index (χ0) is 15.6. The van der Waals surface area contributed by atoms with Gasteiger partial charge >= 0.3 is 0 Å². The van der Waals surface area contributed by atoms with E-state index in [2.05, 4.69) is 38.6 Å². The molecule has 0 atom stereocenters. The number of aromatic nitrogens is 2. The lowest BCUT2D eigenvalue weighted by Gasteiger charge is -2.17. The Morgan fingerprint density at radius 1 is 1.29 bits per heavy atom. The van der Waals surface area contributed by atoms with Crippen LogP contribution in [-0.4, -0.2) is 30.2 Å². The molecule has 4 nitrogen and oxygen atoms in total. The molecule has 1 aromatic rings. The summed E-state index contributed by atoms with van der Waals surface area (Å²) in [4.78, 5) is 12.2. The third-order valence-electron chi connectivity index (χ3n) is 3.92. The fraction of sp³-hybridized carbons (Fsp3) is 0.750. The molecular weight excluding hydrogens is 280 g/mol. The van der Waals surface area contributed by atoms with Gasteiger partial charge in [0, 0.05) is 21.1 Å². The summed E-state index contributed by atoms with van der Waals surface area (Å²) >= 11 is 0. The van der Waals surface area contributed by atoms with Gasteiger partial charge in [0.25, 0.3) is 0 Å². The zero-order valence-electron chi connectivity index (χ0n) is 14.0. The minimum absolute atomic E-state index is 0.258. The lowest BCUT2D eigenvalue weighted by molar-refractivity contribution is 0.0756. The quantitative estimate of drug-likeness (QED) is 0.592. The van der Waals surface area contributed by atoms with Gasteiger partial charge in [0.05, 0.1) is 17.0 Å². The second-order valence-electron chi connectivity index (χ2n) is 7.49. The standard InChI is InChI=1S/C16H28N2O2Si/c1-12(2)16-15-13(7-6-8-14(15)19)17-18(16)11-20-9-10-21(3,4)5/h12H,6-11H2,1-5H3. The summed E-state index contributed by atoms with van der Waals surface area (Å²) in [5.74, 6) is 0.553. The van der Waals surface area contributed by atoms with Gasteiger partial charge < -0.3 is 4.74 Å². The van der Waals surface area contributed by atoms with Gasteiger partial charge in [-0.1, -0.05) is 33.5 Å². The summed E-state index contributed by atoms with van der Waals surface area (Å²) in [6.07, 6.45) is 2.51. The van der Waals surface area contributed by atoms with Crippen molar-refractivity contribution >= 4 is 13.9 Å². The van der Waals surface area contributed by atoms with Crippen LogP contribution in [0.1, 0.15) is 54.4 Å². The average molecular weight is 308 g/mol. The van der Waals surface area contributed by atoms with E-state index in [1.54, 1.807) is 0 Å². The van der Waals surface area contributed by atoms with Crippen LogP contribution in [0.5, 0.6) is 0 Å². The van der Waals surface area contributed by atoms with Crippen molar-refractivity contribution in [2.75, 3.05) is 6.61 Å². The Morgan fingerprint density at radius 3 is 2.62 bits per heavy atom. The number of nitrogens with zero attached hydrogens (tertiary/aromatic N) is 2. The summed E-state index contributed by atoms with van der Waals surface area (Å²) in [6, 6.07) is 1.16. The Hall–Kier alpha value is -0.943. The molecule has 1 aliphatic rings. The molecule has 0 amide bonds. The number of aryl methyl sites for hydroxylation is 1. The van der Waals surface area contributed by atoms with Gasteiger partial charge in [-0.15, -0.1) is 0 Å². The highest BCUT2D eigenvalue weighted by molar-refractivity contribution is 6.76. The zero-order valence-corrected chi connectivity index (χ0v) is 15.0. The van der Waals surface area contributed by atoms with Crippen molar-refractivity contribution in [3.8, 4) is 0 Å². The number of hydrogen-bond acceptors (Lipinski definition) is 3. The van der Waals surface area contributed by atoms with Crippen molar-refractivity contribution in [3.63, 3.8) is 0 Å². The Labute approximate surface area is 128 Å². The Kier molecular flexibility index (Phi) is 5.04. The number of fused-ring (bicyclic) bond motifs is 1. The van der Waals surface area contributed by atoms with Gasteiger partial charge in [0.15, 0.2) is 5.78 Å². The summed E-state index contributed by atoms with van der Waals surface area (Å²) in [6.45, 7) is 12.5. The van der Waals surface area contributed by atoms with Crippen LogP contribution < -0.4 is 0 Å². The third kappa shape index (κ3) is 4.04. The highest BCUT2D eigenvalue weighted by atomic mass is 28.3. The van der Waals surface area contributed by atoms with E-state index in [4.69, 9.17) is 4.74 Å². The van der Waals surface area contributed by atoms with Crippen molar-refractivity contribution < 1.29 is 9.53 Å². The molecule has 0 spiro atoms. The van der Waals surface area contributed by atoms with Crippen molar-refractivity contribution in [2.45, 2.75) is 71.4 Å². The van der Waals surface area contributed by atoms with E-state index in [9.17, 15) is 4.79 Å². The van der Waals surface area contributed by atoms with Gasteiger partial charge in [-0.2, -0.15) is 5.10 Å². The highest BCUT2D eigenvalue weighted by Crippen LogP contribution is 2.29. The Balaban J connectivity index is 2.11. The van der Waals surface area contributed by atoms with E-state index in [0.717, 1.165) is 42.4 Å². The van der Waals surface area contributed by atoms with Crippen LogP contribution in [0.3, 0.4) is 0 Å². The normalized spacial score (nSPS) is 15.6. The summed E-state index contributed by atoms with van der Waals surface area (Å²) in [7, 11) is -1.06. The summed E-state index contributed by atoms with van der Waals surface area (Å²) in [5, 5.41) is 4.64. The number of carbonyl (C=O) groups excluding carboxylic acids is 1. The molecule has 0 aromatic carbocycles. The van der Waals surface area contributed by atoms with Gasteiger partial charge in [-0.3, -0.25) is 4.79 Å². The first-order valence-corrected chi connectivity index (χ1v) is 11.7. The van der Waals surface area contributed by atoms with Crippen LogP contribution in [0.4, 0.5) is 0 Å². The van der Waals surface area contributed by atoms with E-state index in [-0.39, 0.29) is 5.78 Å². The second-order valence-corrected chi connectivity index (χ2v) is 13.1. The maximum Gasteiger partial charge on any atom is 0.166 e. The number of carbonyl (C=O) groups is 1. The largest absolute Gasteiger partial charge is 0.360 e. The molecule has 21 heavy (non-hydrogen) atoms. The minimum Gasteiger partial charge on any atom is -0.360 e. The molecule has 0 N–H and O–H groups in total. The second kappa shape index (κ2) is 6.44. The van der Waals surface area contributed by atoms with Crippen molar-refractivity contribution in [1.82, 2.24) is 9.78 Å². The Bertz CT molecular complexity index is 515. The van der Waals surface area contributed by atoms with Gasteiger partial charge in [0.1, 0.15) is 6.73 Å². The molecule has 0 unspecified atom stereocenters. The molecule has 118 valence electrons. The lowest BCUT2D eigenvalue weighted by Crippen LogP contribution is -2.22. The third-order valence-corrected chi connectivity index (χ3v) is 5.62. The van der Waals surface area contributed by atoms with Crippen LogP contribution in [-0.2, 0) is 17.9 Å². The molecule has 0 aliphatic heterocycles. The van der Waals surface area contributed by atoms with Gasteiger partial charge in [-0.05, 0) is 24.8 Å². The predicted molar refractivity (Wildman–Crippen MR) is 87.7 cm³/mol. The average Bonchev–Trinajstić information content (AvgIpc) is 2.73. The number of ether oxygens (including phenoxy) is 1. The molecule has 0 fully saturated rings.